The third-order valence-electron chi connectivity index (χ3n) is 5.40. The van der Waals surface area contributed by atoms with Gasteiger partial charge in [-0.1, -0.05) is 36.4 Å². The number of likely N-dealkylation sites (N-methyl/N-ethyl adjacent to an activating group) is 1. The van der Waals surface area contributed by atoms with Crippen LogP contribution in [-0.2, 0) is 9.59 Å². The minimum atomic E-state index is -0.174. The Balaban J connectivity index is 1.45. The second-order valence-electron chi connectivity index (χ2n) is 7.66. The van der Waals surface area contributed by atoms with Crippen LogP contribution in [-0.4, -0.2) is 67.9 Å². The second-order valence-corrected chi connectivity index (χ2v) is 7.66. The smallest absolute Gasteiger partial charge is 0.243 e. The molecule has 0 saturated carbocycles. The van der Waals surface area contributed by atoms with Gasteiger partial charge in [-0.15, -0.1) is 0 Å². The van der Waals surface area contributed by atoms with Crippen molar-refractivity contribution in [3.63, 3.8) is 0 Å². The number of hydrogen-bond donors (Lipinski definition) is 1. The van der Waals surface area contributed by atoms with Gasteiger partial charge in [0, 0.05) is 44.6 Å². The molecule has 0 aromatic heterocycles. The highest BCUT2D eigenvalue weighted by Gasteiger charge is 2.21. The largest absolute Gasteiger partial charge is 0.369 e. The summed E-state index contributed by atoms with van der Waals surface area (Å²) in [5.41, 5.74) is 4.08. The van der Waals surface area contributed by atoms with Crippen molar-refractivity contribution in [3.05, 3.63) is 59.7 Å². The molecule has 1 aliphatic rings. The molecular weight excluding hydrogens is 364 g/mol. The summed E-state index contributed by atoms with van der Waals surface area (Å²) in [5, 5.41) is 2.94. The van der Waals surface area contributed by atoms with Gasteiger partial charge in [-0.05, 0) is 37.1 Å². The summed E-state index contributed by atoms with van der Waals surface area (Å²) in [4.78, 5) is 31.0. The van der Waals surface area contributed by atoms with Gasteiger partial charge in [0.05, 0.1) is 13.1 Å². The average Bonchev–Trinajstić information content (AvgIpc) is 2.72. The maximum Gasteiger partial charge on any atom is 0.243 e. The highest BCUT2D eigenvalue weighted by atomic mass is 16.2. The fraction of sp³-hybridized carbons (Fsp3) is 0.391. The van der Waals surface area contributed by atoms with E-state index in [4.69, 9.17) is 0 Å². The highest BCUT2D eigenvalue weighted by molar-refractivity contribution is 5.95. The van der Waals surface area contributed by atoms with Crippen LogP contribution in [0.3, 0.4) is 0 Å². The molecule has 0 spiro atoms. The SMILES string of the molecule is Cc1cccc(C)c1NC(=O)CN(C)C(=O)CN1CCN(c2ccccc2)CC1. The lowest BCUT2D eigenvalue weighted by Crippen LogP contribution is -2.50. The Bertz CT molecular complexity index is 825. The van der Waals surface area contributed by atoms with Gasteiger partial charge in [0.1, 0.15) is 0 Å². The maximum absolute atomic E-state index is 12.6. The molecule has 154 valence electrons. The van der Waals surface area contributed by atoms with E-state index in [9.17, 15) is 9.59 Å². The molecule has 2 aromatic rings. The predicted octanol–water partition coefficient (Wildman–Crippen LogP) is 2.52. The zero-order valence-electron chi connectivity index (χ0n) is 17.5. The van der Waals surface area contributed by atoms with Crippen molar-refractivity contribution in [3.8, 4) is 0 Å². The van der Waals surface area contributed by atoms with Gasteiger partial charge in [0.15, 0.2) is 0 Å². The van der Waals surface area contributed by atoms with Crippen LogP contribution >= 0.6 is 0 Å². The number of piperazine rings is 1. The van der Waals surface area contributed by atoms with Crippen molar-refractivity contribution < 1.29 is 9.59 Å². The predicted molar refractivity (Wildman–Crippen MR) is 117 cm³/mol. The third kappa shape index (κ3) is 5.57. The van der Waals surface area contributed by atoms with Crippen molar-refractivity contribution in [2.45, 2.75) is 13.8 Å². The number of rotatable bonds is 6. The van der Waals surface area contributed by atoms with E-state index in [0.29, 0.717) is 6.54 Å². The van der Waals surface area contributed by atoms with Crippen LogP contribution in [0, 0.1) is 13.8 Å². The molecule has 0 unspecified atom stereocenters. The van der Waals surface area contributed by atoms with E-state index in [1.807, 2.05) is 50.2 Å². The van der Waals surface area contributed by atoms with Gasteiger partial charge in [-0.2, -0.15) is 0 Å². The van der Waals surface area contributed by atoms with Crippen molar-refractivity contribution in [2.24, 2.45) is 0 Å². The molecule has 1 N–H and O–H groups in total. The summed E-state index contributed by atoms with van der Waals surface area (Å²) in [6, 6.07) is 16.2. The molecule has 3 rings (SSSR count). The molecule has 6 heteroatoms. The molecule has 1 heterocycles. The van der Waals surface area contributed by atoms with Crippen molar-refractivity contribution in [1.82, 2.24) is 9.80 Å². The Kier molecular flexibility index (Phi) is 6.88. The number of para-hydroxylation sites is 2. The summed E-state index contributed by atoms with van der Waals surface area (Å²) >= 11 is 0. The Hall–Kier alpha value is -2.86. The van der Waals surface area contributed by atoms with Crippen molar-refractivity contribution >= 4 is 23.2 Å². The van der Waals surface area contributed by atoms with E-state index in [-0.39, 0.29) is 18.4 Å². The molecule has 0 radical (unpaired) electrons. The number of aryl methyl sites for hydroxylation is 2. The van der Waals surface area contributed by atoms with Gasteiger partial charge < -0.3 is 15.1 Å². The first-order valence-corrected chi connectivity index (χ1v) is 10.1. The van der Waals surface area contributed by atoms with E-state index in [2.05, 4.69) is 27.2 Å². The molecule has 2 aromatic carbocycles. The summed E-state index contributed by atoms with van der Waals surface area (Å²) in [6.45, 7) is 7.79. The van der Waals surface area contributed by atoms with E-state index < -0.39 is 0 Å². The third-order valence-corrected chi connectivity index (χ3v) is 5.40. The summed E-state index contributed by atoms with van der Waals surface area (Å²) < 4.78 is 0. The fourth-order valence-electron chi connectivity index (χ4n) is 3.61. The zero-order chi connectivity index (χ0) is 20.8. The average molecular weight is 395 g/mol. The molecule has 2 amide bonds. The van der Waals surface area contributed by atoms with E-state index in [1.165, 1.54) is 10.6 Å². The number of nitrogens with zero attached hydrogens (tertiary/aromatic N) is 3. The first-order valence-electron chi connectivity index (χ1n) is 10.1. The number of amides is 2. The molecule has 0 atom stereocenters. The Morgan fingerprint density at radius 2 is 1.55 bits per heavy atom. The lowest BCUT2D eigenvalue weighted by atomic mass is 10.1. The maximum atomic E-state index is 12.6. The number of carbonyl (C=O) groups excluding carboxylic acids is 2. The van der Waals surface area contributed by atoms with Gasteiger partial charge in [-0.3, -0.25) is 14.5 Å². The van der Waals surface area contributed by atoms with Crippen LogP contribution in [0.25, 0.3) is 0 Å². The lowest BCUT2D eigenvalue weighted by molar-refractivity contribution is -0.134. The van der Waals surface area contributed by atoms with Crippen LogP contribution in [0.15, 0.2) is 48.5 Å². The highest BCUT2D eigenvalue weighted by Crippen LogP contribution is 2.19. The summed E-state index contributed by atoms with van der Waals surface area (Å²) in [5.74, 6) is -0.207. The number of nitrogens with one attached hydrogen (secondary N) is 1. The Morgan fingerprint density at radius 3 is 2.17 bits per heavy atom. The lowest BCUT2D eigenvalue weighted by Gasteiger charge is -2.36. The van der Waals surface area contributed by atoms with Crippen molar-refractivity contribution in [1.29, 1.82) is 0 Å². The molecule has 29 heavy (non-hydrogen) atoms. The second kappa shape index (κ2) is 9.56. The molecule has 0 aliphatic carbocycles. The van der Waals surface area contributed by atoms with Crippen LogP contribution in [0.4, 0.5) is 11.4 Å². The quantitative estimate of drug-likeness (QED) is 0.818. The van der Waals surface area contributed by atoms with E-state index in [0.717, 1.165) is 43.0 Å². The monoisotopic (exact) mass is 394 g/mol. The Labute approximate surface area is 173 Å². The summed E-state index contributed by atoms with van der Waals surface area (Å²) in [6.07, 6.45) is 0. The van der Waals surface area contributed by atoms with Crippen LogP contribution in [0.5, 0.6) is 0 Å². The minimum absolute atomic E-state index is 0.0326. The normalized spacial score (nSPS) is 14.5. The summed E-state index contributed by atoms with van der Waals surface area (Å²) in [7, 11) is 1.69. The number of hydrogen-bond acceptors (Lipinski definition) is 4. The molecule has 0 bridgehead atoms. The first-order chi connectivity index (χ1) is 13.9. The van der Waals surface area contributed by atoms with Gasteiger partial charge in [0.25, 0.3) is 0 Å². The molecule has 1 aliphatic heterocycles. The first kappa shape index (κ1) is 20.9. The van der Waals surface area contributed by atoms with Gasteiger partial charge in [-0.25, -0.2) is 0 Å². The van der Waals surface area contributed by atoms with E-state index >= 15 is 0 Å². The van der Waals surface area contributed by atoms with Crippen LogP contribution < -0.4 is 10.2 Å². The number of anilines is 2. The minimum Gasteiger partial charge on any atom is -0.369 e. The number of benzene rings is 2. The standard InChI is InChI=1S/C23H30N4O2/c1-18-8-7-9-19(2)23(18)24-21(28)16-25(3)22(29)17-26-12-14-27(15-13-26)20-10-5-4-6-11-20/h4-11H,12-17H2,1-3H3,(H,24,28). The molecule has 1 saturated heterocycles. The van der Waals surface area contributed by atoms with Gasteiger partial charge in [0.2, 0.25) is 11.8 Å². The molecule has 6 nitrogen and oxygen atoms in total. The molecule has 1 fully saturated rings. The van der Waals surface area contributed by atoms with Gasteiger partial charge >= 0.3 is 0 Å². The van der Waals surface area contributed by atoms with Crippen LogP contribution in [0.1, 0.15) is 11.1 Å². The van der Waals surface area contributed by atoms with Crippen molar-refractivity contribution in [2.75, 3.05) is 56.5 Å². The number of carbonyl (C=O) groups is 2. The topological polar surface area (TPSA) is 55.9 Å². The zero-order valence-corrected chi connectivity index (χ0v) is 17.5. The Morgan fingerprint density at radius 1 is 0.931 bits per heavy atom. The fourth-order valence-corrected chi connectivity index (χ4v) is 3.61. The molecular formula is C23H30N4O2. The van der Waals surface area contributed by atoms with Crippen LogP contribution in [0.2, 0.25) is 0 Å². The van der Waals surface area contributed by atoms with E-state index in [1.54, 1.807) is 7.05 Å².